The van der Waals surface area contributed by atoms with Crippen molar-refractivity contribution in [2.24, 2.45) is 23.3 Å². The number of amides is 4. The Kier molecular flexibility index (Phi) is 14.2. The first-order valence-corrected chi connectivity index (χ1v) is 11.5. The SMILES string of the molecule is CC(C)CC(NC(=O)C(N)CCC(=O)O)C(=O)NC(CC(C)C)C(=O)NC(CCC(N)=O)C(=O)O. The number of nitrogens with one attached hydrogen (secondary N) is 3. The van der Waals surface area contributed by atoms with E-state index >= 15 is 0 Å². The molecule has 4 amide bonds. The van der Waals surface area contributed by atoms with Gasteiger partial charge in [0.05, 0.1) is 6.04 Å². The highest BCUT2D eigenvalue weighted by atomic mass is 16.4. The summed E-state index contributed by atoms with van der Waals surface area (Å²) in [5.74, 6) is -5.37. The van der Waals surface area contributed by atoms with Gasteiger partial charge in [0.25, 0.3) is 0 Å². The van der Waals surface area contributed by atoms with Crippen LogP contribution in [0.25, 0.3) is 0 Å². The molecule has 9 N–H and O–H groups in total. The van der Waals surface area contributed by atoms with Crippen molar-refractivity contribution < 1.29 is 39.0 Å². The van der Waals surface area contributed by atoms with E-state index in [9.17, 15) is 33.9 Å². The van der Waals surface area contributed by atoms with Crippen LogP contribution >= 0.6 is 0 Å². The minimum Gasteiger partial charge on any atom is -0.481 e. The number of carbonyl (C=O) groups is 6. The van der Waals surface area contributed by atoms with Gasteiger partial charge in [-0.2, -0.15) is 0 Å². The second kappa shape index (κ2) is 15.6. The van der Waals surface area contributed by atoms with Crippen LogP contribution in [-0.4, -0.2) is 69.9 Å². The van der Waals surface area contributed by atoms with E-state index in [0.717, 1.165) is 0 Å². The van der Waals surface area contributed by atoms with Crippen LogP contribution in [0.15, 0.2) is 0 Å². The average molecular weight is 502 g/mol. The van der Waals surface area contributed by atoms with Gasteiger partial charge < -0.3 is 37.6 Å². The molecule has 0 radical (unpaired) electrons. The summed E-state index contributed by atoms with van der Waals surface area (Å²) in [6.45, 7) is 7.27. The van der Waals surface area contributed by atoms with Gasteiger partial charge in [0, 0.05) is 12.8 Å². The van der Waals surface area contributed by atoms with E-state index in [2.05, 4.69) is 16.0 Å². The smallest absolute Gasteiger partial charge is 0.326 e. The maximum absolute atomic E-state index is 13.0. The Labute approximate surface area is 204 Å². The molecule has 0 rings (SSSR count). The summed E-state index contributed by atoms with van der Waals surface area (Å²) in [6, 6.07) is -4.67. The van der Waals surface area contributed by atoms with Gasteiger partial charge >= 0.3 is 11.9 Å². The highest BCUT2D eigenvalue weighted by Crippen LogP contribution is 2.10. The number of hydrogen-bond donors (Lipinski definition) is 7. The van der Waals surface area contributed by atoms with Gasteiger partial charge in [-0.05, 0) is 37.5 Å². The van der Waals surface area contributed by atoms with Crippen molar-refractivity contribution in [2.75, 3.05) is 0 Å². The van der Waals surface area contributed by atoms with Crippen molar-refractivity contribution in [3.05, 3.63) is 0 Å². The van der Waals surface area contributed by atoms with Crippen molar-refractivity contribution in [1.29, 1.82) is 0 Å². The van der Waals surface area contributed by atoms with Gasteiger partial charge in [-0.15, -0.1) is 0 Å². The number of hydrogen-bond acceptors (Lipinski definition) is 7. The molecular formula is C22H39N5O8. The third-order valence-electron chi connectivity index (χ3n) is 4.98. The summed E-state index contributed by atoms with van der Waals surface area (Å²) < 4.78 is 0. The topological polar surface area (TPSA) is 231 Å². The van der Waals surface area contributed by atoms with E-state index in [1.807, 2.05) is 27.7 Å². The van der Waals surface area contributed by atoms with E-state index in [0.29, 0.717) is 0 Å². The van der Waals surface area contributed by atoms with Crippen molar-refractivity contribution in [3.63, 3.8) is 0 Å². The first-order chi connectivity index (χ1) is 16.1. The van der Waals surface area contributed by atoms with Gasteiger partial charge in [0.2, 0.25) is 23.6 Å². The van der Waals surface area contributed by atoms with E-state index in [4.69, 9.17) is 16.6 Å². The number of primary amides is 1. The molecular weight excluding hydrogens is 462 g/mol. The Morgan fingerprint density at radius 1 is 0.686 bits per heavy atom. The highest BCUT2D eigenvalue weighted by Gasteiger charge is 2.31. The van der Waals surface area contributed by atoms with Gasteiger partial charge in [-0.3, -0.25) is 24.0 Å². The lowest BCUT2D eigenvalue weighted by molar-refractivity contribution is -0.143. The van der Waals surface area contributed by atoms with E-state index in [1.165, 1.54) is 0 Å². The molecule has 0 fully saturated rings. The van der Waals surface area contributed by atoms with Crippen LogP contribution in [0.4, 0.5) is 0 Å². The Hall–Kier alpha value is -3.22. The van der Waals surface area contributed by atoms with E-state index < -0.39 is 59.7 Å². The molecule has 4 unspecified atom stereocenters. The molecule has 35 heavy (non-hydrogen) atoms. The van der Waals surface area contributed by atoms with Crippen LogP contribution in [0.2, 0.25) is 0 Å². The van der Waals surface area contributed by atoms with Gasteiger partial charge in [-0.1, -0.05) is 27.7 Å². The van der Waals surface area contributed by atoms with Crippen LogP contribution in [0.5, 0.6) is 0 Å². The summed E-state index contributed by atoms with van der Waals surface area (Å²) in [4.78, 5) is 71.4. The van der Waals surface area contributed by atoms with Crippen molar-refractivity contribution in [1.82, 2.24) is 16.0 Å². The molecule has 0 aliphatic carbocycles. The Balaban J connectivity index is 5.49. The van der Waals surface area contributed by atoms with Gasteiger partial charge in [0.15, 0.2) is 0 Å². The second-order valence-corrected chi connectivity index (χ2v) is 9.32. The van der Waals surface area contributed by atoms with Crippen LogP contribution < -0.4 is 27.4 Å². The highest BCUT2D eigenvalue weighted by molar-refractivity contribution is 5.94. The fraction of sp³-hybridized carbons (Fsp3) is 0.727. The maximum Gasteiger partial charge on any atom is 0.326 e. The molecule has 0 saturated carbocycles. The van der Waals surface area contributed by atoms with E-state index in [1.54, 1.807) is 0 Å². The largest absolute Gasteiger partial charge is 0.481 e. The van der Waals surface area contributed by atoms with Crippen molar-refractivity contribution in [3.8, 4) is 0 Å². The normalized spacial score (nSPS) is 14.5. The standard InChI is InChI=1S/C22H39N5O8/c1-11(2)9-15(26-19(31)13(23)5-8-18(29)30)21(33)27-16(10-12(3)4)20(32)25-14(22(34)35)6-7-17(24)28/h11-16H,5-10,23H2,1-4H3,(H2,24,28)(H,25,32)(H,26,31)(H,27,33)(H,29,30)(H,34,35). The van der Waals surface area contributed by atoms with Crippen LogP contribution in [0.3, 0.4) is 0 Å². The molecule has 0 saturated heterocycles. The lowest BCUT2D eigenvalue weighted by atomic mass is 9.99. The minimum absolute atomic E-state index is 0.0242. The fourth-order valence-electron chi connectivity index (χ4n) is 3.18. The predicted molar refractivity (Wildman–Crippen MR) is 126 cm³/mol. The third kappa shape index (κ3) is 13.9. The summed E-state index contributed by atoms with van der Waals surface area (Å²) in [5, 5.41) is 25.5. The predicted octanol–water partition coefficient (Wildman–Crippen LogP) is -0.925. The maximum atomic E-state index is 13.0. The van der Waals surface area contributed by atoms with Crippen LogP contribution in [0, 0.1) is 11.8 Å². The summed E-state index contributed by atoms with van der Waals surface area (Å²) in [7, 11) is 0. The molecule has 0 aromatic rings. The lowest BCUT2D eigenvalue weighted by Gasteiger charge is -2.26. The number of carboxylic acids is 2. The molecule has 0 heterocycles. The van der Waals surface area contributed by atoms with Crippen LogP contribution in [-0.2, 0) is 28.8 Å². The fourth-order valence-corrected chi connectivity index (χ4v) is 3.18. The second-order valence-electron chi connectivity index (χ2n) is 9.32. The quantitative estimate of drug-likeness (QED) is 0.130. The number of carbonyl (C=O) groups excluding carboxylic acids is 4. The molecule has 13 heteroatoms. The summed E-state index contributed by atoms with van der Waals surface area (Å²) in [6.07, 6.45) is -0.484. The minimum atomic E-state index is -1.38. The Morgan fingerprint density at radius 3 is 1.49 bits per heavy atom. The molecule has 200 valence electrons. The molecule has 4 atom stereocenters. The average Bonchev–Trinajstić information content (AvgIpc) is 2.72. The third-order valence-corrected chi connectivity index (χ3v) is 4.98. The number of nitrogens with two attached hydrogens (primary N) is 2. The summed E-state index contributed by atoms with van der Waals surface area (Å²) >= 11 is 0. The zero-order valence-corrected chi connectivity index (χ0v) is 20.7. The molecule has 0 aromatic carbocycles. The van der Waals surface area contributed by atoms with E-state index in [-0.39, 0.29) is 50.4 Å². The zero-order valence-electron chi connectivity index (χ0n) is 20.7. The molecule has 13 nitrogen and oxygen atoms in total. The summed E-state index contributed by atoms with van der Waals surface area (Å²) in [5.41, 5.74) is 10.8. The van der Waals surface area contributed by atoms with Crippen molar-refractivity contribution in [2.45, 2.75) is 90.4 Å². The molecule has 0 bridgehead atoms. The molecule has 0 spiro atoms. The van der Waals surface area contributed by atoms with Crippen LogP contribution in [0.1, 0.15) is 66.2 Å². The number of aliphatic carboxylic acids is 2. The first-order valence-electron chi connectivity index (χ1n) is 11.5. The van der Waals surface area contributed by atoms with Gasteiger partial charge in [-0.25, -0.2) is 4.79 Å². The Morgan fingerprint density at radius 2 is 1.11 bits per heavy atom. The number of carboxylic acid groups (broad SMARTS) is 2. The Bertz CT molecular complexity index is 771. The van der Waals surface area contributed by atoms with Crippen molar-refractivity contribution >= 4 is 35.6 Å². The van der Waals surface area contributed by atoms with Gasteiger partial charge in [0.1, 0.15) is 18.1 Å². The molecule has 0 aromatic heterocycles. The molecule has 0 aliphatic heterocycles. The number of rotatable bonds is 17. The molecule has 0 aliphatic rings. The zero-order chi connectivity index (χ0) is 27.3. The first kappa shape index (κ1) is 31.8. The lowest BCUT2D eigenvalue weighted by Crippen LogP contribution is -2.57. The monoisotopic (exact) mass is 501 g/mol.